The summed E-state index contributed by atoms with van der Waals surface area (Å²) in [6.07, 6.45) is 3.60. The van der Waals surface area contributed by atoms with Gasteiger partial charge in [-0.2, -0.15) is 0 Å². The van der Waals surface area contributed by atoms with Crippen LogP contribution < -0.4 is 4.90 Å². The maximum atomic E-state index is 5.24. The molecule has 170 valence electrons. The van der Waals surface area contributed by atoms with Gasteiger partial charge < -0.3 is 9.42 Å². The average molecular weight is 469 g/mol. The molecular weight excluding hydrogens is 444 g/mol. The Bertz CT molecular complexity index is 1410. The van der Waals surface area contributed by atoms with E-state index in [1.54, 1.807) is 17.5 Å². The number of hydrogen-bond acceptors (Lipinski definition) is 8. The molecule has 1 aromatic carbocycles. The van der Waals surface area contributed by atoms with E-state index >= 15 is 0 Å². The van der Waals surface area contributed by atoms with Gasteiger partial charge in [0.2, 0.25) is 0 Å². The molecule has 1 aliphatic rings. The fourth-order valence-electron chi connectivity index (χ4n) is 4.45. The molecule has 8 heteroatoms. The third-order valence-corrected chi connectivity index (χ3v) is 7.03. The minimum absolute atomic E-state index is 0.720. The first-order chi connectivity index (χ1) is 16.7. The smallest absolute Gasteiger partial charge is 0.164 e. The molecule has 5 aromatic rings. The van der Waals surface area contributed by atoms with Crippen LogP contribution >= 0.6 is 11.3 Å². The van der Waals surface area contributed by atoms with Gasteiger partial charge in [-0.25, -0.2) is 9.97 Å². The fraction of sp³-hybridized carbons (Fsp3) is 0.231. The van der Waals surface area contributed by atoms with Gasteiger partial charge >= 0.3 is 0 Å². The number of aryl methyl sites for hydroxylation is 1. The number of rotatable bonds is 5. The summed E-state index contributed by atoms with van der Waals surface area (Å²) < 4.78 is 5.24. The molecule has 4 aromatic heterocycles. The van der Waals surface area contributed by atoms with Gasteiger partial charge in [0, 0.05) is 67.7 Å². The zero-order valence-corrected chi connectivity index (χ0v) is 19.7. The Labute approximate surface area is 201 Å². The van der Waals surface area contributed by atoms with Crippen LogP contribution in [-0.2, 0) is 6.54 Å². The van der Waals surface area contributed by atoms with Gasteiger partial charge in [0.15, 0.2) is 5.82 Å². The summed E-state index contributed by atoms with van der Waals surface area (Å²) in [6, 6.07) is 16.5. The second kappa shape index (κ2) is 8.96. The summed E-state index contributed by atoms with van der Waals surface area (Å²) in [6.45, 7) is 6.38. The molecule has 7 nitrogen and oxygen atoms in total. The van der Waals surface area contributed by atoms with Crippen molar-refractivity contribution in [3.05, 3.63) is 77.8 Å². The molecule has 0 spiro atoms. The number of aromatic nitrogens is 4. The molecule has 0 atom stereocenters. The van der Waals surface area contributed by atoms with Crippen LogP contribution in [0.1, 0.15) is 11.5 Å². The van der Waals surface area contributed by atoms with Crippen molar-refractivity contribution in [3.63, 3.8) is 0 Å². The third-order valence-electron chi connectivity index (χ3n) is 6.15. The van der Waals surface area contributed by atoms with Crippen LogP contribution in [0.25, 0.3) is 32.7 Å². The lowest BCUT2D eigenvalue weighted by molar-refractivity contribution is 0.241. The van der Waals surface area contributed by atoms with Crippen molar-refractivity contribution in [3.8, 4) is 22.5 Å². The Morgan fingerprint density at radius 1 is 0.971 bits per heavy atom. The Morgan fingerprint density at radius 2 is 1.79 bits per heavy atom. The Balaban J connectivity index is 1.37. The van der Waals surface area contributed by atoms with E-state index in [2.05, 4.69) is 49.6 Å². The van der Waals surface area contributed by atoms with Crippen LogP contribution in [0.5, 0.6) is 0 Å². The molecule has 0 amide bonds. The topological polar surface area (TPSA) is 71.2 Å². The largest absolute Gasteiger partial charge is 0.361 e. The number of pyridine rings is 1. The summed E-state index contributed by atoms with van der Waals surface area (Å²) >= 11 is 1.67. The molecule has 0 N–H and O–H groups in total. The quantitative estimate of drug-likeness (QED) is 0.358. The highest BCUT2D eigenvalue weighted by molar-refractivity contribution is 7.17. The van der Waals surface area contributed by atoms with Gasteiger partial charge in [0.25, 0.3) is 0 Å². The van der Waals surface area contributed by atoms with Crippen LogP contribution in [0, 0.1) is 6.92 Å². The minimum atomic E-state index is 0.720. The highest BCUT2D eigenvalue weighted by Crippen LogP contribution is 2.39. The SMILES string of the molecule is Cc1cc(CN2CCN(c3nc(-c4cccnc4)nc4scc(-c5ccccc5)c34)CC2)no1. The lowest BCUT2D eigenvalue weighted by atomic mass is 10.1. The van der Waals surface area contributed by atoms with Crippen LogP contribution in [-0.4, -0.2) is 51.2 Å². The zero-order chi connectivity index (χ0) is 22.9. The number of thiophene rings is 1. The summed E-state index contributed by atoms with van der Waals surface area (Å²) in [5.41, 5.74) is 4.29. The number of nitrogens with zero attached hydrogens (tertiary/aromatic N) is 6. The van der Waals surface area contributed by atoms with Gasteiger partial charge in [-0.1, -0.05) is 35.5 Å². The van der Waals surface area contributed by atoms with E-state index in [0.29, 0.717) is 0 Å². The number of hydrogen-bond donors (Lipinski definition) is 0. The van der Waals surface area contributed by atoms with Gasteiger partial charge in [0.05, 0.1) is 11.1 Å². The Kier molecular flexibility index (Phi) is 5.52. The normalized spacial score (nSPS) is 14.7. The Morgan fingerprint density at radius 3 is 2.53 bits per heavy atom. The maximum absolute atomic E-state index is 5.24. The Hall–Kier alpha value is -3.62. The molecule has 0 radical (unpaired) electrons. The second-order valence-corrected chi connectivity index (χ2v) is 9.36. The molecule has 1 aliphatic heterocycles. The lowest BCUT2D eigenvalue weighted by Crippen LogP contribution is -2.46. The molecule has 34 heavy (non-hydrogen) atoms. The molecular formula is C26H24N6OS. The van der Waals surface area contributed by atoms with E-state index in [9.17, 15) is 0 Å². The van der Waals surface area contributed by atoms with Crippen molar-refractivity contribution >= 4 is 27.4 Å². The standard InChI is InChI=1S/C26H24N6OS/c1-18-14-21(30-33-18)16-31-10-12-32(13-11-31)25-23-22(19-6-3-2-4-7-19)17-34-26(23)29-24(28-25)20-8-5-9-27-15-20/h2-9,14-15,17H,10-13,16H2,1H3. The molecule has 1 fully saturated rings. The molecule has 0 saturated carbocycles. The number of anilines is 1. The monoisotopic (exact) mass is 468 g/mol. The fourth-order valence-corrected chi connectivity index (χ4v) is 5.39. The zero-order valence-electron chi connectivity index (χ0n) is 18.9. The predicted molar refractivity (Wildman–Crippen MR) is 135 cm³/mol. The van der Waals surface area contributed by atoms with E-state index in [1.165, 1.54) is 11.1 Å². The summed E-state index contributed by atoms with van der Waals surface area (Å²) in [5, 5.41) is 7.49. The molecule has 0 unspecified atom stereocenters. The van der Waals surface area contributed by atoms with Gasteiger partial charge in [-0.15, -0.1) is 11.3 Å². The van der Waals surface area contributed by atoms with Gasteiger partial charge in [-0.3, -0.25) is 9.88 Å². The summed E-state index contributed by atoms with van der Waals surface area (Å²) in [4.78, 5) is 20.1. The summed E-state index contributed by atoms with van der Waals surface area (Å²) in [5.74, 6) is 2.57. The van der Waals surface area contributed by atoms with Crippen molar-refractivity contribution in [2.75, 3.05) is 31.1 Å². The van der Waals surface area contributed by atoms with E-state index in [4.69, 9.17) is 14.5 Å². The lowest BCUT2D eigenvalue weighted by Gasteiger charge is -2.35. The van der Waals surface area contributed by atoms with Crippen molar-refractivity contribution in [2.45, 2.75) is 13.5 Å². The van der Waals surface area contributed by atoms with Crippen molar-refractivity contribution < 1.29 is 4.52 Å². The van der Waals surface area contributed by atoms with E-state index in [-0.39, 0.29) is 0 Å². The first kappa shape index (κ1) is 20.9. The number of benzene rings is 1. The van der Waals surface area contributed by atoms with Crippen LogP contribution in [0.2, 0.25) is 0 Å². The average Bonchev–Trinajstić information content (AvgIpc) is 3.51. The summed E-state index contributed by atoms with van der Waals surface area (Å²) in [7, 11) is 0. The van der Waals surface area contributed by atoms with E-state index < -0.39 is 0 Å². The molecule has 0 aliphatic carbocycles. The van der Waals surface area contributed by atoms with E-state index in [0.717, 1.165) is 71.6 Å². The van der Waals surface area contributed by atoms with Crippen molar-refractivity contribution in [1.82, 2.24) is 25.0 Å². The minimum Gasteiger partial charge on any atom is -0.361 e. The van der Waals surface area contributed by atoms with Crippen molar-refractivity contribution in [1.29, 1.82) is 0 Å². The molecule has 6 rings (SSSR count). The number of fused-ring (bicyclic) bond motifs is 1. The first-order valence-electron chi connectivity index (χ1n) is 11.4. The molecule has 0 bridgehead atoms. The second-order valence-electron chi connectivity index (χ2n) is 8.50. The van der Waals surface area contributed by atoms with Gasteiger partial charge in [-0.05, 0) is 24.6 Å². The van der Waals surface area contributed by atoms with Crippen LogP contribution in [0.3, 0.4) is 0 Å². The van der Waals surface area contributed by atoms with Crippen LogP contribution in [0.15, 0.2) is 70.8 Å². The predicted octanol–water partition coefficient (Wildman–Crippen LogP) is 5.04. The van der Waals surface area contributed by atoms with Crippen molar-refractivity contribution in [2.24, 2.45) is 0 Å². The van der Waals surface area contributed by atoms with Crippen LogP contribution in [0.4, 0.5) is 5.82 Å². The highest BCUT2D eigenvalue weighted by Gasteiger charge is 2.24. The first-order valence-corrected chi connectivity index (χ1v) is 12.3. The highest BCUT2D eigenvalue weighted by atomic mass is 32.1. The van der Waals surface area contributed by atoms with E-state index in [1.807, 2.05) is 37.4 Å². The maximum Gasteiger partial charge on any atom is 0.164 e. The molecule has 5 heterocycles. The van der Waals surface area contributed by atoms with Gasteiger partial charge in [0.1, 0.15) is 16.4 Å². The third kappa shape index (κ3) is 4.06. The number of piperazine rings is 1. The molecule has 1 saturated heterocycles.